The third-order valence-electron chi connectivity index (χ3n) is 2.93. The molecule has 0 saturated heterocycles. The third-order valence-corrected chi connectivity index (χ3v) is 3.96. The van der Waals surface area contributed by atoms with Crippen LogP contribution in [-0.4, -0.2) is 15.2 Å². The van der Waals surface area contributed by atoms with Crippen LogP contribution in [0.5, 0.6) is 11.5 Å². The van der Waals surface area contributed by atoms with Crippen LogP contribution in [0.1, 0.15) is 5.56 Å². The number of fused-ring (bicyclic) bond motifs is 1. The van der Waals surface area contributed by atoms with E-state index in [9.17, 15) is 8.42 Å². The predicted octanol–water partition coefficient (Wildman–Crippen LogP) is 1.86. The lowest BCUT2D eigenvalue weighted by molar-refractivity contribution is 0.174. The molecule has 0 atom stereocenters. The van der Waals surface area contributed by atoms with Gasteiger partial charge in [-0.25, -0.2) is 0 Å². The first-order chi connectivity index (χ1) is 10.1. The molecule has 2 aromatic carbocycles. The number of anilines is 1. The molecule has 0 unspecified atom stereocenters. The zero-order valence-electron chi connectivity index (χ0n) is 11.1. The van der Waals surface area contributed by atoms with Crippen LogP contribution in [0.3, 0.4) is 0 Å². The van der Waals surface area contributed by atoms with E-state index in [2.05, 4.69) is 9.44 Å². The Morgan fingerprint density at radius 2 is 1.76 bits per heavy atom. The molecule has 0 bridgehead atoms. The van der Waals surface area contributed by atoms with Gasteiger partial charge in [-0.1, -0.05) is 30.3 Å². The number of hydrogen-bond donors (Lipinski definition) is 2. The minimum Gasteiger partial charge on any atom is -0.454 e. The molecule has 7 heteroatoms. The highest BCUT2D eigenvalue weighted by molar-refractivity contribution is 7.90. The Morgan fingerprint density at radius 3 is 2.57 bits per heavy atom. The molecule has 0 saturated carbocycles. The summed E-state index contributed by atoms with van der Waals surface area (Å²) in [6.07, 6.45) is 0. The summed E-state index contributed by atoms with van der Waals surface area (Å²) in [4.78, 5) is 0. The maximum Gasteiger partial charge on any atom is 0.299 e. The highest BCUT2D eigenvalue weighted by Crippen LogP contribution is 2.34. The predicted molar refractivity (Wildman–Crippen MR) is 78.4 cm³/mol. The summed E-state index contributed by atoms with van der Waals surface area (Å²) < 4.78 is 39.3. The molecule has 2 N–H and O–H groups in total. The first-order valence-electron chi connectivity index (χ1n) is 6.33. The minimum absolute atomic E-state index is 0.151. The molecule has 0 aromatic heterocycles. The average molecular weight is 306 g/mol. The molecule has 0 radical (unpaired) electrons. The molecule has 0 aliphatic carbocycles. The molecule has 0 spiro atoms. The van der Waals surface area contributed by atoms with E-state index in [-0.39, 0.29) is 13.3 Å². The Morgan fingerprint density at radius 1 is 1.00 bits per heavy atom. The maximum atomic E-state index is 12.0. The molecule has 110 valence electrons. The molecule has 6 nitrogen and oxygen atoms in total. The van der Waals surface area contributed by atoms with Gasteiger partial charge < -0.3 is 9.47 Å². The number of benzene rings is 2. The SMILES string of the molecule is O=S(=O)(NCc1ccccc1)Nc1ccc2c(c1)OCO2. The van der Waals surface area contributed by atoms with Crippen LogP contribution < -0.4 is 18.9 Å². The smallest absolute Gasteiger partial charge is 0.299 e. The summed E-state index contributed by atoms with van der Waals surface area (Å²) in [6.45, 7) is 0.374. The Kier molecular flexibility index (Phi) is 3.68. The molecule has 0 amide bonds. The molecule has 1 heterocycles. The fourth-order valence-corrected chi connectivity index (χ4v) is 2.79. The second-order valence-corrected chi connectivity index (χ2v) is 5.98. The summed E-state index contributed by atoms with van der Waals surface area (Å²) in [7, 11) is -3.65. The van der Waals surface area contributed by atoms with Gasteiger partial charge in [-0.2, -0.15) is 13.1 Å². The van der Waals surface area contributed by atoms with Gasteiger partial charge in [-0.15, -0.1) is 0 Å². The van der Waals surface area contributed by atoms with Crippen LogP contribution >= 0.6 is 0 Å². The van der Waals surface area contributed by atoms with Crippen LogP contribution in [0.4, 0.5) is 5.69 Å². The highest BCUT2D eigenvalue weighted by atomic mass is 32.2. The number of nitrogens with one attached hydrogen (secondary N) is 2. The first kappa shape index (κ1) is 13.7. The standard InChI is InChI=1S/C14H14N2O4S/c17-21(18,15-9-11-4-2-1-3-5-11)16-12-6-7-13-14(8-12)20-10-19-13/h1-8,15-16H,9-10H2. The van der Waals surface area contributed by atoms with Gasteiger partial charge in [0, 0.05) is 12.6 Å². The Bertz CT molecular complexity index is 732. The Hall–Kier alpha value is -2.25. The molecule has 1 aliphatic heterocycles. The van der Waals surface area contributed by atoms with Crippen LogP contribution in [0.25, 0.3) is 0 Å². The summed E-state index contributed by atoms with van der Waals surface area (Å²) in [6, 6.07) is 14.2. The van der Waals surface area contributed by atoms with E-state index in [4.69, 9.17) is 9.47 Å². The van der Waals surface area contributed by atoms with Crippen molar-refractivity contribution in [2.75, 3.05) is 11.5 Å². The summed E-state index contributed by atoms with van der Waals surface area (Å²) >= 11 is 0. The van der Waals surface area contributed by atoms with Crippen molar-refractivity contribution in [1.29, 1.82) is 0 Å². The normalized spacial score (nSPS) is 13.1. The second-order valence-electron chi connectivity index (χ2n) is 4.48. The fraction of sp³-hybridized carbons (Fsp3) is 0.143. The van der Waals surface area contributed by atoms with Gasteiger partial charge in [0.15, 0.2) is 11.5 Å². The van der Waals surface area contributed by atoms with Gasteiger partial charge in [0.05, 0.1) is 5.69 Å². The zero-order valence-corrected chi connectivity index (χ0v) is 11.9. The van der Waals surface area contributed by atoms with Crippen molar-refractivity contribution in [3.8, 4) is 11.5 Å². The van der Waals surface area contributed by atoms with Crippen LogP contribution in [0, 0.1) is 0 Å². The largest absolute Gasteiger partial charge is 0.454 e. The molecule has 21 heavy (non-hydrogen) atoms. The number of hydrogen-bond acceptors (Lipinski definition) is 4. The third kappa shape index (κ3) is 3.45. The monoisotopic (exact) mass is 306 g/mol. The van der Waals surface area contributed by atoms with E-state index in [0.29, 0.717) is 17.2 Å². The zero-order chi connectivity index (χ0) is 14.7. The van der Waals surface area contributed by atoms with Crippen molar-refractivity contribution in [3.63, 3.8) is 0 Å². The molecule has 2 aromatic rings. The lowest BCUT2D eigenvalue weighted by Gasteiger charge is -2.10. The minimum atomic E-state index is -3.65. The van der Waals surface area contributed by atoms with E-state index in [1.165, 1.54) is 0 Å². The Balaban J connectivity index is 1.66. The lowest BCUT2D eigenvalue weighted by atomic mass is 10.2. The molecular formula is C14H14N2O4S. The molecule has 3 rings (SSSR count). The average Bonchev–Trinajstić information content (AvgIpc) is 2.93. The van der Waals surface area contributed by atoms with E-state index in [0.717, 1.165) is 5.56 Å². The van der Waals surface area contributed by atoms with E-state index < -0.39 is 10.2 Å². The van der Waals surface area contributed by atoms with E-state index in [1.54, 1.807) is 18.2 Å². The van der Waals surface area contributed by atoms with Gasteiger partial charge in [0.2, 0.25) is 6.79 Å². The van der Waals surface area contributed by atoms with Crippen molar-refractivity contribution < 1.29 is 17.9 Å². The first-order valence-corrected chi connectivity index (χ1v) is 7.82. The highest BCUT2D eigenvalue weighted by Gasteiger charge is 2.16. The summed E-state index contributed by atoms with van der Waals surface area (Å²) in [5.74, 6) is 1.13. The number of ether oxygens (including phenoxy) is 2. The van der Waals surface area contributed by atoms with Crippen molar-refractivity contribution in [2.24, 2.45) is 0 Å². The van der Waals surface area contributed by atoms with Crippen molar-refractivity contribution in [3.05, 3.63) is 54.1 Å². The van der Waals surface area contributed by atoms with Crippen molar-refractivity contribution >= 4 is 15.9 Å². The second kappa shape index (κ2) is 5.63. The summed E-state index contributed by atoms with van der Waals surface area (Å²) in [5.41, 5.74) is 1.30. The maximum absolute atomic E-state index is 12.0. The van der Waals surface area contributed by atoms with Gasteiger partial charge in [0.1, 0.15) is 0 Å². The van der Waals surface area contributed by atoms with E-state index >= 15 is 0 Å². The van der Waals surface area contributed by atoms with Gasteiger partial charge in [-0.05, 0) is 17.7 Å². The number of rotatable bonds is 5. The van der Waals surface area contributed by atoms with Gasteiger partial charge in [-0.3, -0.25) is 4.72 Å². The van der Waals surface area contributed by atoms with E-state index in [1.807, 2.05) is 30.3 Å². The molecule has 0 fully saturated rings. The quantitative estimate of drug-likeness (QED) is 0.884. The van der Waals surface area contributed by atoms with Gasteiger partial charge in [0.25, 0.3) is 10.2 Å². The topological polar surface area (TPSA) is 76.7 Å². The lowest BCUT2D eigenvalue weighted by Crippen LogP contribution is -2.29. The van der Waals surface area contributed by atoms with Crippen LogP contribution in [-0.2, 0) is 16.8 Å². The van der Waals surface area contributed by atoms with Crippen molar-refractivity contribution in [2.45, 2.75) is 6.54 Å². The molecule has 1 aliphatic rings. The van der Waals surface area contributed by atoms with Crippen LogP contribution in [0.15, 0.2) is 48.5 Å². The summed E-state index contributed by atoms with van der Waals surface area (Å²) in [5, 5.41) is 0. The Labute approximate surface area is 122 Å². The fourth-order valence-electron chi connectivity index (χ4n) is 1.93. The molecular weight excluding hydrogens is 292 g/mol. The van der Waals surface area contributed by atoms with Crippen LogP contribution in [0.2, 0.25) is 0 Å². The van der Waals surface area contributed by atoms with Crippen molar-refractivity contribution in [1.82, 2.24) is 4.72 Å². The van der Waals surface area contributed by atoms with Gasteiger partial charge >= 0.3 is 0 Å².